The van der Waals surface area contributed by atoms with Gasteiger partial charge < -0.3 is 0 Å². The molecule has 18 heavy (non-hydrogen) atoms. The fraction of sp³-hybridized carbons (Fsp3) is 0.769. The summed E-state index contributed by atoms with van der Waals surface area (Å²) in [5.74, 6) is -0.373. The first-order valence-corrected chi connectivity index (χ1v) is 6.21. The Hall–Kier alpha value is -1.41. The maximum absolute atomic E-state index is 12.1. The highest BCUT2D eigenvalue weighted by Crippen LogP contribution is 2.22. The Labute approximate surface area is 108 Å². The van der Waals surface area contributed by atoms with Crippen LogP contribution in [-0.2, 0) is 9.59 Å². The van der Waals surface area contributed by atoms with E-state index in [1.54, 1.807) is 13.8 Å². The predicted octanol–water partition coefficient (Wildman–Crippen LogP) is 1.05. The lowest BCUT2D eigenvalue weighted by Crippen LogP contribution is -2.63. The highest BCUT2D eigenvalue weighted by molar-refractivity contribution is 6.02. The molecule has 0 radical (unpaired) electrons. The Kier molecular flexibility index (Phi) is 4.12. The molecule has 0 bridgehead atoms. The molecule has 0 atom stereocenters. The fourth-order valence-corrected chi connectivity index (χ4v) is 1.88. The van der Waals surface area contributed by atoms with Gasteiger partial charge in [-0.15, -0.1) is 0 Å². The lowest BCUT2D eigenvalue weighted by atomic mass is 9.89. The molecule has 1 fully saturated rings. The van der Waals surface area contributed by atoms with Crippen molar-refractivity contribution >= 4 is 11.8 Å². The summed E-state index contributed by atoms with van der Waals surface area (Å²) in [4.78, 5) is 25.1. The molecular weight excluding hydrogens is 230 g/mol. The largest absolute Gasteiger partial charge is 0.295 e. The normalized spacial score (nSPS) is 19.8. The van der Waals surface area contributed by atoms with Crippen LogP contribution in [0.3, 0.4) is 0 Å². The number of nitrogens with zero attached hydrogens (tertiary/aromatic N) is 2. The van der Waals surface area contributed by atoms with Gasteiger partial charge in [0.2, 0.25) is 11.8 Å². The molecule has 0 aliphatic carbocycles. The molecule has 5 nitrogen and oxygen atoms in total. The molecule has 0 saturated carbocycles. The molecule has 2 amide bonds. The van der Waals surface area contributed by atoms with Gasteiger partial charge in [-0.05, 0) is 40.5 Å². The molecule has 0 spiro atoms. The quantitative estimate of drug-likeness (QED) is 0.758. The van der Waals surface area contributed by atoms with Crippen molar-refractivity contribution in [1.29, 1.82) is 5.26 Å². The van der Waals surface area contributed by atoms with Crippen LogP contribution in [0.4, 0.5) is 0 Å². The second kappa shape index (κ2) is 5.07. The molecule has 5 heteroatoms. The van der Waals surface area contributed by atoms with E-state index in [2.05, 4.69) is 11.4 Å². The van der Waals surface area contributed by atoms with Crippen molar-refractivity contribution in [3.8, 4) is 6.07 Å². The van der Waals surface area contributed by atoms with Crippen LogP contribution in [-0.4, -0.2) is 35.3 Å². The molecular formula is C13H21N3O2. The zero-order valence-electron chi connectivity index (χ0n) is 11.5. The van der Waals surface area contributed by atoms with Crippen LogP contribution in [0, 0.1) is 16.7 Å². The maximum atomic E-state index is 12.1. The van der Waals surface area contributed by atoms with Crippen molar-refractivity contribution in [1.82, 2.24) is 10.2 Å². The molecule has 0 aromatic heterocycles. The Morgan fingerprint density at radius 2 is 2.06 bits per heavy atom. The number of hydrogen-bond acceptors (Lipinski definition) is 4. The van der Waals surface area contributed by atoms with E-state index in [1.807, 2.05) is 13.8 Å². The maximum Gasteiger partial charge on any atom is 0.248 e. The van der Waals surface area contributed by atoms with Crippen molar-refractivity contribution in [2.24, 2.45) is 5.41 Å². The zero-order valence-corrected chi connectivity index (χ0v) is 11.5. The summed E-state index contributed by atoms with van der Waals surface area (Å²) in [6, 6.07) is 2.22. The van der Waals surface area contributed by atoms with E-state index in [-0.39, 0.29) is 18.4 Å². The van der Waals surface area contributed by atoms with Gasteiger partial charge in [0, 0.05) is 6.54 Å². The minimum atomic E-state index is -0.682. The van der Waals surface area contributed by atoms with Gasteiger partial charge in [0.25, 0.3) is 0 Å². The monoisotopic (exact) mass is 251 g/mol. The van der Waals surface area contributed by atoms with Crippen molar-refractivity contribution < 1.29 is 9.59 Å². The zero-order chi connectivity index (χ0) is 14.0. The van der Waals surface area contributed by atoms with E-state index in [0.717, 1.165) is 0 Å². The van der Waals surface area contributed by atoms with Gasteiger partial charge in [-0.25, -0.2) is 0 Å². The van der Waals surface area contributed by atoms with Crippen molar-refractivity contribution in [3.63, 3.8) is 0 Å². The molecule has 1 saturated heterocycles. The first-order valence-electron chi connectivity index (χ1n) is 6.21. The van der Waals surface area contributed by atoms with Gasteiger partial charge in [-0.2, -0.15) is 5.26 Å². The van der Waals surface area contributed by atoms with E-state index >= 15 is 0 Å². The average Bonchev–Trinajstić information content (AvgIpc) is 2.29. The van der Waals surface area contributed by atoms with Crippen LogP contribution >= 0.6 is 0 Å². The minimum Gasteiger partial charge on any atom is -0.295 e. The summed E-state index contributed by atoms with van der Waals surface area (Å²) in [6.45, 7) is 7.85. The van der Waals surface area contributed by atoms with Crippen LogP contribution in [0.25, 0.3) is 0 Å². The van der Waals surface area contributed by atoms with Crippen LogP contribution < -0.4 is 5.32 Å². The minimum absolute atomic E-state index is 0.186. The number of nitrogens with one attached hydrogen (secondary N) is 1. The average molecular weight is 251 g/mol. The van der Waals surface area contributed by atoms with Crippen molar-refractivity contribution in [2.75, 3.05) is 13.1 Å². The molecule has 0 aromatic carbocycles. The van der Waals surface area contributed by atoms with Gasteiger partial charge in [-0.3, -0.25) is 19.8 Å². The molecule has 1 rings (SSSR count). The third-order valence-electron chi connectivity index (χ3n) is 3.25. The van der Waals surface area contributed by atoms with E-state index in [9.17, 15) is 9.59 Å². The van der Waals surface area contributed by atoms with Gasteiger partial charge in [0.1, 0.15) is 0 Å². The highest BCUT2D eigenvalue weighted by atomic mass is 16.2. The highest BCUT2D eigenvalue weighted by Gasteiger charge is 2.39. The van der Waals surface area contributed by atoms with Gasteiger partial charge in [0.15, 0.2) is 0 Å². The molecule has 1 aliphatic rings. The van der Waals surface area contributed by atoms with Gasteiger partial charge in [-0.1, -0.05) is 0 Å². The number of carbonyl (C=O) groups is 2. The summed E-state index contributed by atoms with van der Waals surface area (Å²) in [5, 5.41) is 11.8. The Morgan fingerprint density at radius 3 is 2.61 bits per heavy atom. The van der Waals surface area contributed by atoms with Crippen LogP contribution in [0.15, 0.2) is 0 Å². The van der Waals surface area contributed by atoms with E-state index in [1.165, 1.54) is 4.90 Å². The molecule has 1 aliphatic heterocycles. The number of rotatable bonds is 4. The summed E-state index contributed by atoms with van der Waals surface area (Å²) >= 11 is 0. The van der Waals surface area contributed by atoms with Gasteiger partial charge >= 0.3 is 0 Å². The smallest absolute Gasteiger partial charge is 0.248 e. The topological polar surface area (TPSA) is 73.2 Å². The number of nitriles is 1. The first kappa shape index (κ1) is 14.7. The fourth-order valence-electron chi connectivity index (χ4n) is 1.88. The third kappa shape index (κ3) is 3.30. The van der Waals surface area contributed by atoms with Crippen LogP contribution in [0.1, 0.15) is 40.5 Å². The van der Waals surface area contributed by atoms with E-state index < -0.39 is 11.0 Å². The summed E-state index contributed by atoms with van der Waals surface area (Å²) in [6.07, 6.45) is 1.34. The second-order valence-corrected chi connectivity index (χ2v) is 5.93. The number of hydrogen-bond donors (Lipinski definition) is 1. The molecule has 1 heterocycles. The standard InChI is InChI=1S/C13H21N3O2/c1-12(2,9-14)6-5-7-16-10(17)8-15-13(3,4)11(16)18/h15H,5-8H2,1-4H3. The van der Waals surface area contributed by atoms with Crippen molar-refractivity contribution in [2.45, 2.75) is 46.1 Å². The number of amides is 2. The summed E-state index contributed by atoms with van der Waals surface area (Å²) in [7, 11) is 0. The van der Waals surface area contributed by atoms with E-state index in [4.69, 9.17) is 5.26 Å². The molecule has 0 aromatic rings. The SMILES string of the molecule is CC(C)(C#N)CCCN1C(=O)CNC(C)(C)C1=O. The molecule has 100 valence electrons. The Morgan fingerprint density at radius 1 is 1.44 bits per heavy atom. The van der Waals surface area contributed by atoms with Gasteiger partial charge in [0.05, 0.1) is 23.6 Å². The Bertz CT molecular complexity index is 394. The first-order chi connectivity index (χ1) is 8.19. The number of piperazine rings is 1. The predicted molar refractivity (Wildman–Crippen MR) is 67.4 cm³/mol. The summed E-state index contributed by atoms with van der Waals surface area (Å²) < 4.78 is 0. The molecule has 1 N–H and O–H groups in total. The molecule has 0 unspecified atom stereocenters. The Balaban J connectivity index is 2.58. The number of carbonyl (C=O) groups excluding carboxylic acids is 2. The van der Waals surface area contributed by atoms with Crippen LogP contribution in [0.2, 0.25) is 0 Å². The van der Waals surface area contributed by atoms with E-state index in [0.29, 0.717) is 19.4 Å². The van der Waals surface area contributed by atoms with Crippen LogP contribution in [0.5, 0.6) is 0 Å². The summed E-state index contributed by atoms with van der Waals surface area (Å²) in [5.41, 5.74) is -1.09. The number of imide groups is 1. The lowest BCUT2D eigenvalue weighted by Gasteiger charge is -2.36. The second-order valence-electron chi connectivity index (χ2n) is 5.93. The van der Waals surface area contributed by atoms with Crippen molar-refractivity contribution in [3.05, 3.63) is 0 Å². The lowest BCUT2D eigenvalue weighted by molar-refractivity contribution is -0.152. The third-order valence-corrected chi connectivity index (χ3v) is 3.25.